The third-order valence-corrected chi connectivity index (χ3v) is 5.35. The fourth-order valence-corrected chi connectivity index (χ4v) is 4.26. The number of aromatic nitrogens is 1. The largest absolute Gasteiger partial charge is 0.389 e. The first-order valence-corrected chi connectivity index (χ1v) is 9.78. The zero-order valence-corrected chi connectivity index (χ0v) is 16.6. The molecule has 2 unspecified atom stereocenters. The van der Waals surface area contributed by atoms with E-state index in [1.807, 2.05) is 4.90 Å². The van der Waals surface area contributed by atoms with Crippen LogP contribution < -0.4 is 0 Å². The maximum Gasteiger partial charge on any atom is 0.282 e. The molecule has 1 aromatic heterocycles. The van der Waals surface area contributed by atoms with Crippen LogP contribution in [0.3, 0.4) is 0 Å². The molecule has 0 radical (unpaired) electrons. The summed E-state index contributed by atoms with van der Waals surface area (Å²) in [5, 5.41) is 11.8. The predicted molar refractivity (Wildman–Crippen MR) is 98.9 cm³/mol. The first kappa shape index (κ1) is 19.8. The molecule has 2 rings (SSSR count). The van der Waals surface area contributed by atoms with Gasteiger partial charge in [0.15, 0.2) is 5.01 Å². The number of likely N-dealkylation sites (N-methyl/N-ethyl adjacent to an activating group) is 1. The van der Waals surface area contributed by atoms with Gasteiger partial charge in [-0.25, -0.2) is 4.98 Å². The molecule has 25 heavy (non-hydrogen) atoms. The Morgan fingerprint density at radius 3 is 2.72 bits per heavy atom. The minimum absolute atomic E-state index is 0.0797. The zero-order chi connectivity index (χ0) is 18.8. The van der Waals surface area contributed by atoms with Crippen LogP contribution in [0.2, 0.25) is 0 Å². The van der Waals surface area contributed by atoms with E-state index in [0.717, 1.165) is 25.7 Å². The zero-order valence-electron chi connectivity index (χ0n) is 15.8. The number of hydrogen-bond donors (Lipinski definition) is 1. The molecule has 6 nitrogen and oxygen atoms in total. The number of hydrogen-bond acceptors (Lipinski definition) is 5. The van der Waals surface area contributed by atoms with Gasteiger partial charge in [0.2, 0.25) is 0 Å². The van der Waals surface area contributed by atoms with Crippen LogP contribution >= 0.6 is 11.3 Å². The van der Waals surface area contributed by atoms with E-state index in [4.69, 9.17) is 0 Å². The van der Waals surface area contributed by atoms with E-state index in [1.54, 1.807) is 26.3 Å². The van der Waals surface area contributed by atoms with Gasteiger partial charge in [0, 0.05) is 31.1 Å². The third-order valence-electron chi connectivity index (χ3n) is 4.52. The van der Waals surface area contributed by atoms with E-state index >= 15 is 0 Å². The van der Waals surface area contributed by atoms with Gasteiger partial charge in [-0.1, -0.05) is 13.3 Å². The summed E-state index contributed by atoms with van der Waals surface area (Å²) in [6, 6.07) is 0.481. The van der Waals surface area contributed by atoms with Crippen LogP contribution in [0.5, 0.6) is 0 Å². The molecule has 0 spiro atoms. The molecule has 140 valence electrons. The summed E-state index contributed by atoms with van der Waals surface area (Å²) in [4.78, 5) is 33.0. The van der Waals surface area contributed by atoms with E-state index < -0.39 is 5.60 Å². The third kappa shape index (κ3) is 4.79. The Balaban J connectivity index is 2.12. The Morgan fingerprint density at radius 1 is 1.44 bits per heavy atom. The molecule has 1 N–H and O–H groups in total. The highest BCUT2D eigenvalue weighted by Gasteiger charge is 2.35. The SMILES string of the molecule is CCCC1CCC(C)N1C(=O)c1csc(C(=O)N(C)CC(C)(C)O)n1. The summed E-state index contributed by atoms with van der Waals surface area (Å²) in [6.07, 6.45) is 4.09. The lowest BCUT2D eigenvalue weighted by Crippen LogP contribution is -2.40. The molecule has 0 bridgehead atoms. The molecule has 2 amide bonds. The summed E-state index contributed by atoms with van der Waals surface area (Å²) in [5.74, 6) is -0.352. The van der Waals surface area contributed by atoms with Gasteiger partial charge >= 0.3 is 0 Å². The molecular formula is C18H29N3O3S. The van der Waals surface area contributed by atoms with Gasteiger partial charge < -0.3 is 14.9 Å². The Labute approximate surface area is 153 Å². The Bertz CT molecular complexity index is 621. The summed E-state index contributed by atoms with van der Waals surface area (Å²) in [5.41, 5.74) is -0.626. The van der Waals surface area contributed by atoms with Gasteiger partial charge in [-0.05, 0) is 40.0 Å². The summed E-state index contributed by atoms with van der Waals surface area (Å²) >= 11 is 1.18. The van der Waals surface area contributed by atoms with E-state index in [2.05, 4.69) is 18.8 Å². The maximum atomic E-state index is 12.9. The first-order valence-electron chi connectivity index (χ1n) is 8.90. The van der Waals surface area contributed by atoms with Gasteiger partial charge in [-0.2, -0.15) is 0 Å². The minimum atomic E-state index is -0.974. The number of thiazole rings is 1. The monoisotopic (exact) mass is 367 g/mol. The lowest BCUT2D eigenvalue weighted by Gasteiger charge is -2.27. The number of carbonyl (C=O) groups is 2. The van der Waals surface area contributed by atoms with E-state index in [9.17, 15) is 14.7 Å². The van der Waals surface area contributed by atoms with Crippen LogP contribution in [0.15, 0.2) is 5.38 Å². The number of aliphatic hydroxyl groups is 1. The van der Waals surface area contributed by atoms with Crippen molar-refractivity contribution in [2.45, 2.75) is 71.1 Å². The number of likely N-dealkylation sites (tertiary alicyclic amines) is 1. The first-order chi connectivity index (χ1) is 11.6. The lowest BCUT2D eigenvalue weighted by atomic mass is 10.1. The van der Waals surface area contributed by atoms with Gasteiger partial charge in [0.25, 0.3) is 11.8 Å². The van der Waals surface area contributed by atoms with E-state index in [1.165, 1.54) is 16.2 Å². The number of amides is 2. The predicted octanol–water partition coefficient (Wildman–Crippen LogP) is 2.78. The average molecular weight is 368 g/mol. The average Bonchev–Trinajstić information content (AvgIpc) is 3.12. The van der Waals surface area contributed by atoms with Crippen molar-refractivity contribution in [3.63, 3.8) is 0 Å². The molecule has 2 atom stereocenters. The van der Waals surface area contributed by atoms with Crippen LogP contribution in [-0.4, -0.2) is 63.0 Å². The Kier molecular flexibility index (Phi) is 6.21. The number of rotatable bonds is 6. The van der Waals surface area contributed by atoms with Crippen molar-refractivity contribution < 1.29 is 14.7 Å². The van der Waals surface area contributed by atoms with E-state index in [0.29, 0.717) is 5.69 Å². The summed E-state index contributed by atoms with van der Waals surface area (Å²) in [6.45, 7) is 7.70. The van der Waals surface area contributed by atoms with Crippen LogP contribution in [0.4, 0.5) is 0 Å². The van der Waals surface area contributed by atoms with E-state index in [-0.39, 0.29) is 35.5 Å². The van der Waals surface area contributed by atoms with Crippen molar-refractivity contribution in [3.8, 4) is 0 Å². The standard InChI is InChI=1S/C18H29N3O3S/c1-6-7-13-9-8-12(2)21(13)16(22)14-10-25-15(19-14)17(23)20(5)11-18(3,4)24/h10,12-13,24H,6-9,11H2,1-5H3. The second-order valence-electron chi connectivity index (χ2n) is 7.59. The van der Waals surface area contributed by atoms with Gasteiger partial charge in [0.05, 0.1) is 5.60 Å². The van der Waals surface area contributed by atoms with Crippen LogP contribution in [-0.2, 0) is 0 Å². The Hall–Kier alpha value is -1.47. The van der Waals surface area contributed by atoms with Crippen molar-refractivity contribution in [2.75, 3.05) is 13.6 Å². The molecule has 1 aromatic rings. The molecule has 1 fully saturated rings. The highest BCUT2D eigenvalue weighted by molar-refractivity contribution is 7.11. The highest BCUT2D eigenvalue weighted by atomic mass is 32.1. The van der Waals surface area contributed by atoms with Crippen molar-refractivity contribution in [1.82, 2.24) is 14.8 Å². The van der Waals surface area contributed by atoms with Gasteiger partial charge in [-0.15, -0.1) is 11.3 Å². The molecule has 0 aromatic carbocycles. The molecular weight excluding hydrogens is 338 g/mol. The quantitative estimate of drug-likeness (QED) is 0.839. The molecule has 2 heterocycles. The van der Waals surface area contributed by atoms with Crippen LogP contribution in [0.25, 0.3) is 0 Å². The van der Waals surface area contributed by atoms with Crippen molar-refractivity contribution in [2.24, 2.45) is 0 Å². The molecule has 7 heteroatoms. The second kappa shape index (κ2) is 7.83. The molecule has 1 aliphatic heterocycles. The van der Waals surface area contributed by atoms with Gasteiger partial charge in [0.1, 0.15) is 5.69 Å². The molecule has 1 aliphatic rings. The Morgan fingerprint density at radius 2 is 2.12 bits per heavy atom. The normalized spacial score (nSPS) is 20.8. The van der Waals surface area contributed by atoms with Crippen molar-refractivity contribution >= 4 is 23.2 Å². The van der Waals surface area contributed by atoms with Crippen LogP contribution in [0, 0.1) is 0 Å². The van der Waals surface area contributed by atoms with Gasteiger partial charge in [-0.3, -0.25) is 9.59 Å². The summed E-state index contributed by atoms with van der Waals surface area (Å²) in [7, 11) is 1.63. The molecule has 0 saturated carbocycles. The fourth-order valence-electron chi connectivity index (χ4n) is 3.47. The highest BCUT2D eigenvalue weighted by Crippen LogP contribution is 2.29. The van der Waals surface area contributed by atoms with Crippen molar-refractivity contribution in [1.29, 1.82) is 0 Å². The number of carbonyl (C=O) groups excluding carboxylic acids is 2. The maximum absolute atomic E-state index is 12.9. The lowest BCUT2D eigenvalue weighted by molar-refractivity contribution is 0.0367. The smallest absolute Gasteiger partial charge is 0.282 e. The molecule has 0 aliphatic carbocycles. The second-order valence-corrected chi connectivity index (χ2v) is 8.45. The van der Waals surface area contributed by atoms with Crippen LogP contribution in [0.1, 0.15) is 73.7 Å². The minimum Gasteiger partial charge on any atom is -0.389 e. The molecule has 1 saturated heterocycles. The number of nitrogens with zero attached hydrogens (tertiary/aromatic N) is 3. The van der Waals surface area contributed by atoms with Crippen molar-refractivity contribution in [3.05, 3.63) is 16.1 Å². The summed E-state index contributed by atoms with van der Waals surface area (Å²) < 4.78 is 0. The topological polar surface area (TPSA) is 73.7 Å². The fraction of sp³-hybridized carbons (Fsp3) is 0.722.